The Morgan fingerprint density at radius 2 is 1.81 bits per heavy atom. The van der Waals surface area contributed by atoms with Gasteiger partial charge in [0.1, 0.15) is 5.75 Å². The Balaban J connectivity index is 2.11. The van der Waals surface area contributed by atoms with Crippen LogP contribution in [-0.4, -0.2) is 54.9 Å². The number of hydrogen-bond donors (Lipinski definition) is 0. The summed E-state index contributed by atoms with van der Waals surface area (Å²) in [7, 11) is 1.55. The second kappa shape index (κ2) is 6.80. The molecule has 0 aliphatic carbocycles. The van der Waals surface area contributed by atoms with Crippen molar-refractivity contribution in [2.75, 3.05) is 33.3 Å². The second-order valence-electron chi connectivity index (χ2n) is 5.00. The Labute approximate surface area is 129 Å². The second-order valence-corrected chi connectivity index (χ2v) is 5.40. The van der Waals surface area contributed by atoms with E-state index < -0.39 is 0 Å². The Kier molecular flexibility index (Phi) is 5.07. The molecule has 2 amide bonds. The van der Waals surface area contributed by atoms with Gasteiger partial charge in [0, 0.05) is 33.1 Å². The van der Waals surface area contributed by atoms with Gasteiger partial charge in [-0.05, 0) is 24.6 Å². The minimum absolute atomic E-state index is 0.0479. The lowest BCUT2D eigenvalue weighted by molar-refractivity contribution is -0.128. The van der Waals surface area contributed by atoms with Crippen LogP contribution in [0.25, 0.3) is 0 Å². The molecule has 2 rings (SSSR count). The molecule has 1 saturated heterocycles. The number of benzene rings is 1. The quantitative estimate of drug-likeness (QED) is 0.840. The van der Waals surface area contributed by atoms with Crippen LogP contribution in [0, 0.1) is 0 Å². The number of ether oxygens (including phenoxy) is 1. The van der Waals surface area contributed by atoms with Crippen LogP contribution in [0.3, 0.4) is 0 Å². The van der Waals surface area contributed by atoms with E-state index in [1.54, 1.807) is 42.0 Å². The summed E-state index contributed by atoms with van der Waals surface area (Å²) < 4.78 is 5.08. The third kappa shape index (κ3) is 3.67. The van der Waals surface area contributed by atoms with E-state index in [2.05, 4.69) is 0 Å². The first kappa shape index (κ1) is 15.6. The minimum atomic E-state index is -0.104. The summed E-state index contributed by atoms with van der Waals surface area (Å²) in [5, 5.41) is 0.382. The Bertz CT molecular complexity index is 548. The van der Waals surface area contributed by atoms with E-state index >= 15 is 0 Å². The molecule has 1 aromatic carbocycles. The number of carbonyl (C=O) groups is 2. The Morgan fingerprint density at radius 3 is 2.43 bits per heavy atom. The van der Waals surface area contributed by atoms with Gasteiger partial charge < -0.3 is 14.5 Å². The minimum Gasteiger partial charge on any atom is -0.497 e. The molecule has 1 aliphatic heterocycles. The van der Waals surface area contributed by atoms with Crippen molar-refractivity contribution in [3.05, 3.63) is 28.8 Å². The lowest BCUT2D eigenvalue weighted by Crippen LogP contribution is -2.36. The molecule has 0 bridgehead atoms. The van der Waals surface area contributed by atoms with Crippen LogP contribution in [0.5, 0.6) is 5.75 Å². The van der Waals surface area contributed by atoms with Gasteiger partial charge in [0.05, 0.1) is 17.7 Å². The molecule has 1 aliphatic rings. The zero-order valence-corrected chi connectivity index (χ0v) is 13.0. The van der Waals surface area contributed by atoms with Gasteiger partial charge in [0.2, 0.25) is 5.91 Å². The molecule has 0 spiro atoms. The molecule has 0 radical (unpaired) electrons. The predicted molar refractivity (Wildman–Crippen MR) is 80.8 cm³/mol. The van der Waals surface area contributed by atoms with Gasteiger partial charge in [-0.1, -0.05) is 11.6 Å². The van der Waals surface area contributed by atoms with E-state index in [4.69, 9.17) is 16.3 Å². The highest BCUT2D eigenvalue weighted by Crippen LogP contribution is 2.24. The smallest absolute Gasteiger partial charge is 0.255 e. The molecule has 6 heteroatoms. The summed E-state index contributed by atoms with van der Waals surface area (Å²) >= 11 is 6.15. The zero-order chi connectivity index (χ0) is 15.4. The largest absolute Gasteiger partial charge is 0.497 e. The molecule has 0 saturated carbocycles. The molecule has 114 valence electrons. The fourth-order valence-electron chi connectivity index (χ4n) is 2.40. The number of hydrogen-bond acceptors (Lipinski definition) is 3. The normalized spacial score (nSPS) is 15.6. The van der Waals surface area contributed by atoms with Crippen molar-refractivity contribution in [1.29, 1.82) is 0 Å². The van der Waals surface area contributed by atoms with Crippen molar-refractivity contribution in [2.45, 2.75) is 13.3 Å². The summed E-state index contributed by atoms with van der Waals surface area (Å²) in [6.07, 6.45) is 0.777. The Hall–Kier alpha value is -1.75. The van der Waals surface area contributed by atoms with Gasteiger partial charge in [-0.25, -0.2) is 0 Å². The third-order valence-electron chi connectivity index (χ3n) is 3.64. The summed E-state index contributed by atoms with van der Waals surface area (Å²) in [6, 6.07) is 5.03. The molecule has 1 aromatic rings. The lowest BCUT2D eigenvalue weighted by Gasteiger charge is -2.22. The first-order valence-electron chi connectivity index (χ1n) is 6.91. The van der Waals surface area contributed by atoms with E-state index in [1.807, 2.05) is 0 Å². The van der Waals surface area contributed by atoms with Crippen LogP contribution in [0.2, 0.25) is 5.02 Å². The van der Waals surface area contributed by atoms with Crippen LogP contribution in [0.15, 0.2) is 18.2 Å². The molecular formula is C15H19ClN2O3. The number of rotatable bonds is 2. The Morgan fingerprint density at radius 1 is 1.14 bits per heavy atom. The van der Waals surface area contributed by atoms with E-state index in [-0.39, 0.29) is 11.8 Å². The van der Waals surface area contributed by atoms with E-state index in [0.717, 1.165) is 6.42 Å². The topological polar surface area (TPSA) is 49.9 Å². The van der Waals surface area contributed by atoms with Crippen LogP contribution >= 0.6 is 11.6 Å². The van der Waals surface area contributed by atoms with Crippen LogP contribution < -0.4 is 4.74 Å². The van der Waals surface area contributed by atoms with Gasteiger partial charge >= 0.3 is 0 Å². The van der Waals surface area contributed by atoms with Crippen molar-refractivity contribution in [2.24, 2.45) is 0 Å². The fourth-order valence-corrected chi connectivity index (χ4v) is 2.65. The average Bonchev–Trinajstić information content (AvgIpc) is 2.72. The van der Waals surface area contributed by atoms with Crippen LogP contribution in [-0.2, 0) is 4.79 Å². The van der Waals surface area contributed by atoms with Gasteiger partial charge in [-0.15, -0.1) is 0 Å². The molecular weight excluding hydrogens is 292 g/mol. The third-order valence-corrected chi connectivity index (χ3v) is 3.95. The highest BCUT2D eigenvalue weighted by molar-refractivity contribution is 6.34. The molecule has 1 fully saturated rings. The first-order chi connectivity index (χ1) is 10.0. The van der Waals surface area contributed by atoms with E-state index in [1.165, 1.54) is 0 Å². The van der Waals surface area contributed by atoms with Crippen molar-refractivity contribution >= 4 is 23.4 Å². The van der Waals surface area contributed by atoms with Crippen molar-refractivity contribution in [1.82, 2.24) is 9.80 Å². The number of nitrogens with zero attached hydrogens (tertiary/aromatic N) is 2. The molecule has 0 unspecified atom stereocenters. The first-order valence-corrected chi connectivity index (χ1v) is 7.29. The molecule has 0 atom stereocenters. The monoisotopic (exact) mass is 310 g/mol. The maximum absolute atomic E-state index is 12.5. The summed E-state index contributed by atoms with van der Waals surface area (Å²) in [5.41, 5.74) is 0.466. The van der Waals surface area contributed by atoms with Gasteiger partial charge in [-0.3, -0.25) is 9.59 Å². The lowest BCUT2D eigenvalue weighted by atomic mass is 10.2. The van der Waals surface area contributed by atoms with Gasteiger partial charge in [0.25, 0.3) is 5.91 Å². The van der Waals surface area contributed by atoms with Gasteiger partial charge in [-0.2, -0.15) is 0 Å². The maximum atomic E-state index is 12.5. The van der Waals surface area contributed by atoms with Crippen LogP contribution in [0.4, 0.5) is 0 Å². The highest BCUT2D eigenvalue weighted by Gasteiger charge is 2.22. The molecule has 0 N–H and O–H groups in total. The number of amides is 2. The molecule has 0 aromatic heterocycles. The molecule has 21 heavy (non-hydrogen) atoms. The van der Waals surface area contributed by atoms with E-state index in [0.29, 0.717) is 42.5 Å². The summed E-state index contributed by atoms with van der Waals surface area (Å²) in [6.45, 7) is 3.97. The standard InChI is InChI=1S/C15H19ClN2O3/c1-11(19)17-6-3-7-18(9-8-17)15(20)13-5-4-12(21-2)10-14(13)16/h4-5,10H,3,6-9H2,1-2H3. The zero-order valence-electron chi connectivity index (χ0n) is 12.3. The molecule has 5 nitrogen and oxygen atoms in total. The van der Waals surface area contributed by atoms with Crippen molar-refractivity contribution < 1.29 is 14.3 Å². The highest BCUT2D eigenvalue weighted by atomic mass is 35.5. The predicted octanol–water partition coefficient (Wildman–Crippen LogP) is 2.04. The SMILES string of the molecule is COc1ccc(C(=O)N2CCCN(C(C)=O)CC2)c(Cl)c1. The van der Waals surface area contributed by atoms with Crippen LogP contribution in [0.1, 0.15) is 23.7 Å². The van der Waals surface area contributed by atoms with Gasteiger partial charge in [0.15, 0.2) is 0 Å². The maximum Gasteiger partial charge on any atom is 0.255 e. The molecule has 1 heterocycles. The number of halogens is 1. The summed E-state index contributed by atoms with van der Waals surface area (Å²) in [4.78, 5) is 27.5. The van der Waals surface area contributed by atoms with Crippen molar-refractivity contribution in [3.8, 4) is 5.75 Å². The van der Waals surface area contributed by atoms with Crippen molar-refractivity contribution in [3.63, 3.8) is 0 Å². The van der Waals surface area contributed by atoms with E-state index in [9.17, 15) is 9.59 Å². The summed E-state index contributed by atoms with van der Waals surface area (Å²) in [5.74, 6) is 0.565. The number of methoxy groups -OCH3 is 1. The average molecular weight is 311 g/mol. The number of carbonyl (C=O) groups excluding carboxylic acids is 2. The fraction of sp³-hybridized carbons (Fsp3) is 0.467.